The predicted octanol–water partition coefficient (Wildman–Crippen LogP) is 3.51. The van der Waals surface area contributed by atoms with Crippen molar-refractivity contribution < 1.29 is 9.32 Å². The quantitative estimate of drug-likeness (QED) is 0.567. The fraction of sp³-hybridized carbons (Fsp3) is 0.550. The number of aromatic nitrogens is 5. The van der Waals surface area contributed by atoms with E-state index in [4.69, 9.17) is 4.52 Å². The number of carbonyl (C=O) groups is 1. The van der Waals surface area contributed by atoms with Crippen molar-refractivity contribution in [3.8, 4) is 0 Å². The van der Waals surface area contributed by atoms with E-state index in [1.807, 2.05) is 13.0 Å². The Morgan fingerprint density at radius 2 is 2.07 bits per heavy atom. The number of nitrogens with one attached hydrogen (secondary N) is 1. The molecule has 0 aliphatic carbocycles. The molecule has 0 bridgehead atoms. The largest absolute Gasteiger partial charge is 0.344 e. The number of nitrogens with zero attached hydrogens (tertiary/aromatic N) is 5. The SMILES string of the molecule is Cc1noc(C(CC(C)C)NC(=O)CCCCn2c(C)nc3cnccc32)n1. The van der Waals surface area contributed by atoms with Gasteiger partial charge in [-0.05, 0) is 45.1 Å². The van der Waals surface area contributed by atoms with E-state index in [1.54, 1.807) is 19.3 Å². The number of unbranched alkanes of at least 4 members (excludes halogenated alkanes) is 1. The van der Waals surface area contributed by atoms with Crippen LogP contribution < -0.4 is 5.32 Å². The molecule has 3 heterocycles. The third kappa shape index (κ3) is 4.94. The van der Waals surface area contributed by atoms with Gasteiger partial charge in [-0.25, -0.2) is 4.98 Å². The average Bonchev–Trinajstić information content (AvgIpc) is 3.21. The Morgan fingerprint density at radius 3 is 2.79 bits per heavy atom. The Kier molecular flexibility index (Phi) is 6.38. The van der Waals surface area contributed by atoms with E-state index >= 15 is 0 Å². The fourth-order valence-electron chi connectivity index (χ4n) is 3.35. The number of imidazole rings is 1. The zero-order chi connectivity index (χ0) is 20.1. The van der Waals surface area contributed by atoms with E-state index in [1.165, 1.54) is 0 Å². The van der Waals surface area contributed by atoms with Crippen molar-refractivity contribution in [2.24, 2.45) is 5.92 Å². The van der Waals surface area contributed by atoms with Crippen molar-refractivity contribution in [2.45, 2.75) is 66.0 Å². The molecule has 1 N–H and O–H groups in total. The molecule has 1 atom stereocenters. The molecule has 0 fully saturated rings. The zero-order valence-electron chi connectivity index (χ0n) is 17.0. The summed E-state index contributed by atoms with van der Waals surface area (Å²) in [7, 11) is 0. The van der Waals surface area contributed by atoms with Crippen LogP contribution in [0.5, 0.6) is 0 Å². The normalized spacial score (nSPS) is 12.6. The molecule has 0 aliphatic heterocycles. The van der Waals surface area contributed by atoms with Crippen molar-refractivity contribution in [1.82, 2.24) is 30.0 Å². The van der Waals surface area contributed by atoms with Crippen LogP contribution in [0.2, 0.25) is 0 Å². The minimum Gasteiger partial charge on any atom is -0.344 e. The summed E-state index contributed by atoms with van der Waals surface area (Å²) in [6, 6.07) is 1.74. The van der Waals surface area contributed by atoms with Gasteiger partial charge in [0, 0.05) is 19.2 Å². The van der Waals surface area contributed by atoms with Crippen LogP contribution in [0.1, 0.15) is 63.1 Å². The molecule has 0 saturated carbocycles. The van der Waals surface area contributed by atoms with Crippen LogP contribution in [0.4, 0.5) is 0 Å². The van der Waals surface area contributed by atoms with E-state index in [0.717, 1.165) is 42.7 Å². The maximum absolute atomic E-state index is 12.4. The number of amides is 1. The van der Waals surface area contributed by atoms with Crippen LogP contribution in [-0.4, -0.2) is 30.6 Å². The third-order valence-electron chi connectivity index (χ3n) is 4.66. The molecule has 8 nitrogen and oxygen atoms in total. The van der Waals surface area contributed by atoms with Crippen molar-refractivity contribution in [3.05, 3.63) is 36.0 Å². The van der Waals surface area contributed by atoms with E-state index < -0.39 is 0 Å². The minimum absolute atomic E-state index is 0.0120. The summed E-state index contributed by atoms with van der Waals surface area (Å²) < 4.78 is 7.44. The summed E-state index contributed by atoms with van der Waals surface area (Å²) in [5.41, 5.74) is 1.99. The maximum atomic E-state index is 12.4. The molecule has 3 aromatic heterocycles. The Bertz CT molecular complexity index is 930. The Morgan fingerprint density at radius 1 is 1.25 bits per heavy atom. The standard InChI is InChI=1S/C20H28N6O2/c1-13(2)11-16(20-22-14(3)25-28-20)24-19(27)7-5-6-10-26-15(4)23-17-12-21-9-8-18(17)26/h8-9,12-13,16H,5-7,10-11H2,1-4H3,(H,24,27). The summed E-state index contributed by atoms with van der Waals surface area (Å²) in [4.78, 5) is 25.3. The van der Waals surface area contributed by atoms with Crippen LogP contribution in [0.3, 0.4) is 0 Å². The lowest BCUT2D eigenvalue weighted by atomic mass is 10.0. The Labute approximate surface area is 164 Å². The predicted molar refractivity (Wildman–Crippen MR) is 105 cm³/mol. The van der Waals surface area contributed by atoms with Crippen LogP contribution in [0, 0.1) is 19.8 Å². The second-order valence-electron chi connectivity index (χ2n) is 7.56. The molecule has 3 aromatic rings. The average molecular weight is 384 g/mol. The second-order valence-corrected chi connectivity index (χ2v) is 7.56. The molecule has 8 heteroatoms. The number of carbonyl (C=O) groups excluding carboxylic acids is 1. The first-order valence-corrected chi connectivity index (χ1v) is 9.80. The molecule has 0 aliphatic rings. The zero-order valence-corrected chi connectivity index (χ0v) is 17.0. The summed E-state index contributed by atoms with van der Waals surface area (Å²) in [6.07, 6.45) is 6.49. The highest BCUT2D eigenvalue weighted by Gasteiger charge is 2.21. The fourth-order valence-corrected chi connectivity index (χ4v) is 3.35. The van der Waals surface area contributed by atoms with Gasteiger partial charge in [0.1, 0.15) is 17.4 Å². The lowest BCUT2D eigenvalue weighted by molar-refractivity contribution is -0.122. The van der Waals surface area contributed by atoms with E-state index in [2.05, 4.69) is 43.8 Å². The second kappa shape index (κ2) is 8.95. The van der Waals surface area contributed by atoms with Crippen molar-refractivity contribution in [3.63, 3.8) is 0 Å². The molecule has 0 spiro atoms. The van der Waals surface area contributed by atoms with E-state index in [9.17, 15) is 4.79 Å². The first-order chi connectivity index (χ1) is 13.4. The van der Waals surface area contributed by atoms with Gasteiger partial charge in [-0.2, -0.15) is 4.98 Å². The molecule has 0 radical (unpaired) electrons. The molecule has 3 rings (SSSR count). The van der Waals surface area contributed by atoms with Crippen LogP contribution in [0.15, 0.2) is 23.0 Å². The Balaban J connectivity index is 1.51. The van der Waals surface area contributed by atoms with E-state index in [-0.39, 0.29) is 11.9 Å². The van der Waals surface area contributed by atoms with Gasteiger partial charge in [0.25, 0.3) is 0 Å². The number of pyridine rings is 1. The first kappa shape index (κ1) is 20.0. The summed E-state index contributed by atoms with van der Waals surface area (Å²) in [5.74, 6) is 2.45. The van der Waals surface area contributed by atoms with Crippen LogP contribution >= 0.6 is 0 Å². The molecular formula is C20H28N6O2. The monoisotopic (exact) mass is 384 g/mol. The highest BCUT2D eigenvalue weighted by atomic mass is 16.5. The van der Waals surface area contributed by atoms with Gasteiger partial charge in [0.05, 0.1) is 11.7 Å². The number of hydrogen-bond acceptors (Lipinski definition) is 6. The number of rotatable bonds is 9. The van der Waals surface area contributed by atoms with Gasteiger partial charge in [0.2, 0.25) is 11.8 Å². The van der Waals surface area contributed by atoms with Gasteiger partial charge < -0.3 is 14.4 Å². The summed E-state index contributed by atoms with van der Waals surface area (Å²) in [5, 5.41) is 6.89. The smallest absolute Gasteiger partial charge is 0.249 e. The molecule has 0 aromatic carbocycles. The van der Waals surface area contributed by atoms with Crippen LogP contribution in [-0.2, 0) is 11.3 Å². The molecule has 0 saturated heterocycles. The molecule has 1 amide bonds. The highest BCUT2D eigenvalue weighted by Crippen LogP contribution is 2.20. The molecule has 28 heavy (non-hydrogen) atoms. The van der Waals surface area contributed by atoms with Gasteiger partial charge in [-0.3, -0.25) is 9.78 Å². The number of fused-ring (bicyclic) bond motifs is 1. The molecular weight excluding hydrogens is 356 g/mol. The van der Waals surface area contributed by atoms with Crippen molar-refractivity contribution in [2.75, 3.05) is 0 Å². The number of aryl methyl sites for hydroxylation is 3. The van der Waals surface area contributed by atoms with Gasteiger partial charge in [-0.15, -0.1) is 0 Å². The topological polar surface area (TPSA) is 98.7 Å². The summed E-state index contributed by atoms with van der Waals surface area (Å²) >= 11 is 0. The highest BCUT2D eigenvalue weighted by molar-refractivity contribution is 5.76. The van der Waals surface area contributed by atoms with Gasteiger partial charge >= 0.3 is 0 Å². The minimum atomic E-state index is -0.235. The Hall–Kier alpha value is -2.77. The third-order valence-corrected chi connectivity index (χ3v) is 4.66. The van der Waals surface area contributed by atoms with E-state index in [0.29, 0.717) is 24.1 Å². The first-order valence-electron chi connectivity index (χ1n) is 9.80. The summed E-state index contributed by atoms with van der Waals surface area (Å²) in [6.45, 7) is 8.82. The van der Waals surface area contributed by atoms with Gasteiger partial charge in [0.15, 0.2) is 5.82 Å². The lowest BCUT2D eigenvalue weighted by Gasteiger charge is -2.17. The maximum Gasteiger partial charge on any atom is 0.249 e. The molecule has 1 unspecified atom stereocenters. The van der Waals surface area contributed by atoms with Crippen LogP contribution in [0.25, 0.3) is 11.0 Å². The van der Waals surface area contributed by atoms with Crippen molar-refractivity contribution in [1.29, 1.82) is 0 Å². The van der Waals surface area contributed by atoms with Gasteiger partial charge in [-0.1, -0.05) is 19.0 Å². The molecule has 150 valence electrons. The van der Waals surface area contributed by atoms with Crippen molar-refractivity contribution >= 4 is 16.9 Å². The number of hydrogen-bond donors (Lipinski definition) is 1. The lowest BCUT2D eigenvalue weighted by Crippen LogP contribution is -2.29.